The number of thiazole rings is 1. The minimum absolute atomic E-state index is 0.0100. The molecule has 85 heavy (non-hydrogen) atoms. The largest absolute Gasteiger partial charge is 0.495 e. The molecule has 1 unspecified atom stereocenters. The fourth-order valence-electron chi connectivity index (χ4n) is 9.90. The molecule has 2 aliphatic rings. The Hall–Kier alpha value is -6.80. The summed E-state index contributed by atoms with van der Waals surface area (Å²) in [6, 6.07) is 17.0. The number of aliphatic hydroxyl groups is 1. The van der Waals surface area contributed by atoms with Crippen LogP contribution in [0.3, 0.4) is 0 Å². The van der Waals surface area contributed by atoms with Crippen molar-refractivity contribution in [3.63, 3.8) is 0 Å². The molecule has 2 aliphatic heterocycles. The smallest absolute Gasteiger partial charge is 0.251 e. The van der Waals surface area contributed by atoms with E-state index in [-0.39, 0.29) is 133 Å². The molecule has 0 radical (unpaired) electrons. The third-order valence-electron chi connectivity index (χ3n) is 14.0. The molecule has 22 heteroatoms. The van der Waals surface area contributed by atoms with Crippen LogP contribution < -0.4 is 31.3 Å². The number of nitrogens with zero attached hydrogens (tertiary/aromatic N) is 2. The van der Waals surface area contributed by atoms with Gasteiger partial charge in [0.25, 0.3) is 5.91 Å². The lowest BCUT2D eigenvalue weighted by Gasteiger charge is -2.35. The first-order valence-electron chi connectivity index (χ1n) is 27.9. The van der Waals surface area contributed by atoms with E-state index < -0.39 is 70.8 Å². The molecule has 454 valence electrons. The number of carbonyl (C=O) groups excluding carboxylic acids is 5. The second-order valence-corrected chi connectivity index (χ2v) is 24.7. The average molecular weight is 1230 g/mol. The third kappa shape index (κ3) is 18.1. The van der Waals surface area contributed by atoms with Gasteiger partial charge in [0.2, 0.25) is 23.6 Å². The van der Waals surface area contributed by atoms with E-state index in [1.807, 2.05) is 52.0 Å². The van der Waals surface area contributed by atoms with Crippen LogP contribution in [0.15, 0.2) is 84.4 Å². The highest BCUT2D eigenvalue weighted by atomic mass is 35.5. The van der Waals surface area contributed by atoms with Crippen molar-refractivity contribution in [2.75, 3.05) is 65.2 Å². The zero-order valence-corrected chi connectivity index (χ0v) is 51.2. The molecule has 0 bridgehead atoms. The van der Waals surface area contributed by atoms with Gasteiger partial charge in [0.15, 0.2) is 0 Å². The molecule has 7 rings (SSSR count). The Bertz CT molecular complexity index is 3300. The number of nitrogens with one attached hydrogen (secondary N) is 5. The molecule has 17 nitrogen and oxygen atoms in total. The first-order chi connectivity index (χ1) is 40.4. The lowest BCUT2D eigenvalue weighted by molar-refractivity contribution is -0.144. The summed E-state index contributed by atoms with van der Waals surface area (Å²) in [7, 11) is 1.38. The topological polar surface area (TPSA) is 219 Å². The van der Waals surface area contributed by atoms with Crippen LogP contribution in [-0.2, 0) is 39.9 Å². The van der Waals surface area contributed by atoms with Gasteiger partial charge in [-0.1, -0.05) is 113 Å². The highest BCUT2D eigenvalue weighted by Gasteiger charge is 2.44. The molecule has 5 amide bonds. The average Bonchev–Trinajstić information content (AvgIpc) is 3.53. The standard InChI is InChI=1S/C63H73Cl2F2N7O10S/c1-37-56(85-36-70-37)39-17-15-38(16-18-39)33-69-59(78)50-31-43(75)34-74(50)61(80)57(63(5,6)7)73-52(76)35-84-28-27-83-26-25-82-24-23-68-58(77)40-19-22-49(51(29-40)81-8)72-60(79)55-53(46-13-10-14-47(65)54(46)67)45(44-21-20-41(64)30-48(44)66)12-9-11-42(71-55)32-62(2,3)4/h10,13-22,29-30,36,42-43,50,55,57,71,75H,11,23-28,31-35H2,1-8H3,(H,68,77)(H,69,78)(H,72,79)(H,73,76)/t42?,43-,50+,55-,57-/m1/s1. The van der Waals surface area contributed by atoms with Crippen molar-refractivity contribution in [1.82, 2.24) is 31.2 Å². The Morgan fingerprint density at radius 2 is 1.60 bits per heavy atom. The zero-order valence-electron chi connectivity index (χ0n) is 48.9. The molecule has 0 spiro atoms. The van der Waals surface area contributed by atoms with Crippen molar-refractivity contribution in [3.05, 3.63) is 134 Å². The van der Waals surface area contributed by atoms with E-state index in [2.05, 4.69) is 43.4 Å². The number of allylic oxidation sites excluding steroid dienone is 1. The van der Waals surface area contributed by atoms with E-state index in [0.717, 1.165) is 27.8 Å². The van der Waals surface area contributed by atoms with Crippen molar-refractivity contribution in [1.29, 1.82) is 0 Å². The number of anilines is 1. The van der Waals surface area contributed by atoms with Gasteiger partial charge in [-0.2, -0.15) is 0 Å². The minimum atomic E-state index is -1.31. The van der Waals surface area contributed by atoms with Gasteiger partial charge in [-0.25, -0.2) is 13.8 Å². The highest BCUT2D eigenvalue weighted by Crippen LogP contribution is 2.38. The minimum Gasteiger partial charge on any atom is -0.495 e. The Balaban J connectivity index is 0.850. The Kier molecular flexibility index (Phi) is 23.2. The number of β-amino-alcohol motifs (C(OH)–C–C–N with tert-alkyl or cyclic N) is 1. The van der Waals surface area contributed by atoms with Crippen molar-refractivity contribution in [3.8, 4) is 28.0 Å². The molecule has 0 saturated carbocycles. The monoisotopic (exact) mass is 1230 g/mol. The van der Waals surface area contributed by atoms with Crippen LogP contribution in [0.25, 0.3) is 21.6 Å². The fraction of sp³-hybridized carbons (Fsp3) is 0.429. The van der Waals surface area contributed by atoms with Crippen molar-refractivity contribution < 1.29 is 56.8 Å². The van der Waals surface area contributed by atoms with Crippen LogP contribution in [0.2, 0.25) is 10.0 Å². The maximum atomic E-state index is 16.2. The number of ether oxygens (including phenoxy) is 4. The molecule has 1 aromatic heterocycles. The highest BCUT2D eigenvalue weighted by molar-refractivity contribution is 7.13. The molecule has 5 atom stereocenters. The normalized spacial score (nSPS) is 17.5. The van der Waals surface area contributed by atoms with E-state index in [4.69, 9.17) is 42.1 Å². The van der Waals surface area contributed by atoms with E-state index in [0.29, 0.717) is 6.42 Å². The summed E-state index contributed by atoms with van der Waals surface area (Å²) in [6.45, 7) is 14.2. The number of hydrogen-bond donors (Lipinski definition) is 6. The molecule has 6 N–H and O–H groups in total. The van der Waals surface area contributed by atoms with Crippen molar-refractivity contribution in [2.24, 2.45) is 10.8 Å². The van der Waals surface area contributed by atoms with Crippen LogP contribution in [0.1, 0.15) is 93.5 Å². The lowest BCUT2D eigenvalue weighted by atomic mass is 9.83. The number of halogens is 4. The molecule has 4 aromatic carbocycles. The van der Waals surface area contributed by atoms with Gasteiger partial charge >= 0.3 is 0 Å². The Morgan fingerprint density at radius 1 is 0.882 bits per heavy atom. The van der Waals surface area contributed by atoms with Gasteiger partial charge in [-0.05, 0) is 77.8 Å². The number of rotatable bonds is 24. The van der Waals surface area contributed by atoms with E-state index in [1.165, 1.54) is 60.5 Å². The number of benzene rings is 4. The molecule has 1 fully saturated rings. The summed E-state index contributed by atoms with van der Waals surface area (Å²) in [5.74, 6) is 2.27. The van der Waals surface area contributed by atoms with Crippen LogP contribution in [0, 0.1) is 41.2 Å². The van der Waals surface area contributed by atoms with Crippen LogP contribution in [0.4, 0.5) is 14.5 Å². The summed E-state index contributed by atoms with van der Waals surface area (Å²) in [5.41, 5.74) is 4.16. The number of aromatic nitrogens is 1. The van der Waals surface area contributed by atoms with Gasteiger partial charge in [0.05, 0.1) is 73.0 Å². The molecular formula is C63H73Cl2F2N7O10S. The summed E-state index contributed by atoms with van der Waals surface area (Å²) >= 11 is 14.0. The van der Waals surface area contributed by atoms with Gasteiger partial charge in [0, 0.05) is 71.4 Å². The number of carbonyl (C=O) groups is 5. The second-order valence-electron chi connectivity index (χ2n) is 23.0. The van der Waals surface area contributed by atoms with Crippen molar-refractivity contribution in [2.45, 2.75) is 105 Å². The van der Waals surface area contributed by atoms with Gasteiger partial charge < -0.3 is 50.2 Å². The molecule has 3 heterocycles. The summed E-state index contributed by atoms with van der Waals surface area (Å²) < 4.78 is 54.4. The Morgan fingerprint density at radius 3 is 2.27 bits per heavy atom. The number of likely N-dealkylation sites (tertiary alicyclic amines) is 1. The van der Waals surface area contributed by atoms with Crippen LogP contribution in [-0.4, -0.2) is 135 Å². The maximum absolute atomic E-state index is 16.2. The summed E-state index contributed by atoms with van der Waals surface area (Å²) in [6.07, 6.45) is 0.0117. The molecule has 1 saturated heterocycles. The number of aliphatic hydroxyl groups excluding tert-OH is 1. The van der Waals surface area contributed by atoms with Crippen molar-refractivity contribution >= 4 is 80.9 Å². The number of aryl methyl sites for hydroxylation is 1. The first-order valence-corrected chi connectivity index (χ1v) is 29.5. The predicted octanol–water partition coefficient (Wildman–Crippen LogP) is 9.02. The molecule has 5 aromatic rings. The lowest BCUT2D eigenvalue weighted by Crippen LogP contribution is -2.58. The quantitative estimate of drug-likeness (QED) is 0.0252. The SMILES string of the molecule is COc1cc(C(=O)NCCOCCOCCOCC(=O)N[C@H](C(=O)N2C[C@H](O)C[C@H]2C(=O)NCc2ccc(-c3scnc3C)cc2)C(C)(C)C)ccc1NC(=O)[C@@H]1NC(CC(C)(C)C)CC#CC(c2ccc(Cl)cc2F)=C1c1cccc(Cl)c1F. The second kappa shape index (κ2) is 30.0. The summed E-state index contributed by atoms with van der Waals surface area (Å²) in [4.78, 5) is 75.3. The predicted molar refractivity (Wildman–Crippen MR) is 325 cm³/mol. The molecular weight excluding hydrogens is 1160 g/mol. The van der Waals surface area contributed by atoms with Crippen LogP contribution in [0.5, 0.6) is 5.75 Å². The number of amides is 5. The maximum Gasteiger partial charge on any atom is 0.251 e. The first kappa shape index (κ1) is 65.7. The van der Waals surface area contributed by atoms with E-state index >= 15 is 8.78 Å². The fourth-order valence-corrected chi connectivity index (χ4v) is 11.0. The van der Waals surface area contributed by atoms with Gasteiger partial charge in [-0.15, -0.1) is 11.3 Å². The van der Waals surface area contributed by atoms with Gasteiger partial charge in [-0.3, -0.25) is 29.3 Å². The van der Waals surface area contributed by atoms with E-state index in [9.17, 15) is 29.1 Å². The van der Waals surface area contributed by atoms with Gasteiger partial charge in [0.1, 0.15) is 42.1 Å². The molecule has 0 aliphatic carbocycles. The summed E-state index contributed by atoms with van der Waals surface area (Å²) in [5, 5.41) is 25.3. The van der Waals surface area contributed by atoms with E-state index in [1.54, 1.807) is 37.6 Å². The zero-order chi connectivity index (χ0) is 61.6. The van der Waals surface area contributed by atoms with Crippen LogP contribution >= 0.6 is 34.5 Å². The number of methoxy groups -OCH3 is 1. The Labute approximate surface area is 508 Å². The third-order valence-corrected chi connectivity index (χ3v) is 15.5. The number of hydrogen-bond acceptors (Lipinski definition) is 13.